The van der Waals surface area contributed by atoms with E-state index in [9.17, 15) is 4.79 Å². The average Bonchev–Trinajstić information content (AvgIpc) is 2.56. The van der Waals surface area contributed by atoms with E-state index in [0.717, 1.165) is 10.6 Å². The molecule has 1 aliphatic carbocycles. The van der Waals surface area contributed by atoms with Crippen molar-refractivity contribution < 1.29 is 4.79 Å². The molecule has 17 heavy (non-hydrogen) atoms. The Morgan fingerprint density at radius 2 is 2.18 bits per heavy atom. The summed E-state index contributed by atoms with van der Waals surface area (Å²) in [6, 6.07) is 3.90. The number of fused-ring (bicyclic) bond motifs is 1. The van der Waals surface area contributed by atoms with E-state index in [1.165, 1.54) is 0 Å². The first kappa shape index (κ1) is 11.2. The van der Waals surface area contributed by atoms with Crippen LogP contribution in [-0.2, 0) is 0 Å². The average molecular weight is 227 g/mol. The van der Waals surface area contributed by atoms with Gasteiger partial charge in [-0.3, -0.25) is 4.79 Å². The number of hydrogen-bond donors (Lipinski definition) is 2. The van der Waals surface area contributed by atoms with Gasteiger partial charge in [-0.15, -0.1) is 0 Å². The van der Waals surface area contributed by atoms with Gasteiger partial charge in [0.1, 0.15) is 5.69 Å². The van der Waals surface area contributed by atoms with Crippen LogP contribution < -0.4 is 16.3 Å². The SMILES string of the molecule is CC1(C)C=c2cc(C(N)=O)[nH]c2=CC=C1C#N. The molecule has 1 aromatic heterocycles. The first-order valence-electron chi connectivity index (χ1n) is 5.28. The summed E-state index contributed by atoms with van der Waals surface area (Å²) in [6.07, 6.45) is 5.53. The largest absolute Gasteiger partial charge is 0.364 e. The minimum absolute atomic E-state index is 0.354. The number of carbonyl (C=O) groups is 1. The summed E-state index contributed by atoms with van der Waals surface area (Å²) in [5.74, 6) is -0.484. The lowest BCUT2D eigenvalue weighted by atomic mass is 9.84. The summed E-state index contributed by atoms with van der Waals surface area (Å²) in [4.78, 5) is 14.0. The lowest BCUT2D eigenvalue weighted by Gasteiger charge is -2.17. The number of carbonyl (C=O) groups excluding carboxylic acids is 1. The second-order valence-corrected chi connectivity index (χ2v) is 4.64. The van der Waals surface area contributed by atoms with Gasteiger partial charge in [0.25, 0.3) is 5.91 Å². The second-order valence-electron chi connectivity index (χ2n) is 4.64. The fourth-order valence-electron chi connectivity index (χ4n) is 1.91. The van der Waals surface area contributed by atoms with Crippen molar-refractivity contribution in [2.75, 3.05) is 0 Å². The van der Waals surface area contributed by atoms with Gasteiger partial charge in [-0.25, -0.2) is 0 Å². The number of nitrogens with zero attached hydrogens (tertiary/aromatic N) is 1. The summed E-state index contributed by atoms with van der Waals surface area (Å²) in [5.41, 5.74) is 5.93. The summed E-state index contributed by atoms with van der Waals surface area (Å²) < 4.78 is 0. The zero-order valence-corrected chi connectivity index (χ0v) is 9.74. The topological polar surface area (TPSA) is 82.7 Å². The molecule has 0 bridgehead atoms. The van der Waals surface area contributed by atoms with Crippen molar-refractivity contribution >= 4 is 18.1 Å². The molecule has 0 saturated heterocycles. The number of nitrogens with two attached hydrogens (primary N) is 1. The number of nitrogens with one attached hydrogen (secondary N) is 1. The third-order valence-electron chi connectivity index (χ3n) is 2.89. The van der Waals surface area contributed by atoms with Gasteiger partial charge in [-0.1, -0.05) is 19.9 Å². The van der Waals surface area contributed by atoms with Crippen LogP contribution in [0.1, 0.15) is 24.3 Å². The highest BCUT2D eigenvalue weighted by Crippen LogP contribution is 2.28. The third-order valence-corrected chi connectivity index (χ3v) is 2.89. The number of hydrogen-bond acceptors (Lipinski definition) is 2. The Morgan fingerprint density at radius 3 is 2.76 bits per heavy atom. The molecular weight excluding hydrogens is 214 g/mol. The molecule has 0 aliphatic heterocycles. The Balaban J connectivity index is 2.73. The fourth-order valence-corrected chi connectivity index (χ4v) is 1.91. The van der Waals surface area contributed by atoms with Crippen LogP contribution in [0.25, 0.3) is 12.2 Å². The van der Waals surface area contributed by atoms with Gasteiger partial charge < -0.3 is 10.7 Å². The van der Waals surface area contributed by atoms with E-state index in [4.69, 9.17) is 11.0 Å². The number of nitriles is 1. The number of aromatic nitrogens is 1. The van der Waals surface area contributed by atoms with Crippen molar-refractivity contribution in [3.8, 4) is 6.07 Å². The maximum atomic E-state index is 11.1. The summed E-state index contributed by atoms with van der Waals surface area (Å²) >= 11 is 0. The zero-order chi connectivity index (χ0) is 12.6. The molecule has 4 heteroatoms. The lowest BCUT2D eigenvalue weighted by molar-refractivity contribution is 0.0996. The number of allylic oxidation sites excluding steroid dienone is 2. The van der Waals surface area contributed by atoms with Crippen LogP contribution in [-0.4, -0.2) is 10.9 Å². The molecular formula is C13H13N3O. The first-order chi connectivity index (χ1) is 7.94. The van der Waals surface area contributed by atoms with E-state index in [-0.39, 0.29) is 5.41 Å². The molecule has 86 valence electrons. The molecule has 1 amide bonds. The van der Waals surface area contributed by atoms with E-state index in [0.29, 0.717) is 11.3 Å². The molecule has 4 nitrogen and oxygen atoms in total. The Hall–Kier alpha value is -2.28. The smallest absolute Gasteiger partial charge is 0.265 e. The summed E-state index contributed by atoms with van der Waals surface area (Å²) in [7, 11) is 0. The molecule has 1 aromatic rings. The molecule has 0 atom stereocenters. The van der Waals surface area contributed by atoms with Gasteiger partial charge in [0.2, 0.25) is 0 Å². The highest BCUT2D eigenvalue weighted by Gasteiger charge is 2.21. The highest BCUT2D eigenvalue weighted by molar-refractivity contribution is 5.91. The molecule has 0 spiro atoms. The first-order valence-corrected chi connectivity index (χ1v) is 5.28. The quantitative estimate of drug-likeness (QED) is 0.716. The van der Waals surface area contributed by atoms with Crippen LogP contribution in [0.3, 0.4) is 0 Å². The van der Waals surface area contributed by atoms with Crippen LogP contribution in [0.5, 0.6) is 0 Å². The van der Waals surface area contributed by atoms with Crippen molar-refractivity contribution in [1.82, 2.24) is 4.98 Å². The fraction of sp³-hybridized carbons (Fsp3) is 0.231. The van der Waals surface area contributed by atoms with Crippen LogP contribution >= 0.6 is 0 Å². The normalized spacial score (nSPS) is 16.6. The van der Waals surface area contributed by atoms with Crippen molar-refractivity contribution in [2.45, 2.75) is 13.8 Å². The number of rotatable bonds is 1. The Kier molecular flexibility index (Phi) is 2.40. The van der Waals surface area contributed by atoms with E-state index >= 15 is 0 Å². The number of H-pyrrole nitrogens is 1. The van der Waals surface area contributed by atoms with Crippen LogP contribution in [0.15, 0.2) is 17.7 Å². The molecule has 1 heterocycles. The van der Waals surface area contributed by atoms with Crippen LogP contribution in [0.2, 0.25) is 0 Å². The standard InChI is InChI=1S/C13H13N3O/c1-13(2)6-8-5-11(12(15)17)16-10(8)4-3-9(13)7-14/h3-6,16H,1-2H3,(H2,15,17). The minimum Gasteiger partial charge on any atom is -0.364 e. The minimum atomic E-state index is -0.484. The molecule has 0 fully saturated rings. The number of primary amides is 1. The van der Waals surface area contributed by atoms with Gasteiger partial charge in [0.15, 0.2) is 0 Å². The summed E-state index contributed by atoms with van der Waals surface area (Å²) in [5, 5.41) is 10.8. The number of amides is 1. The maximum Gasteiger partial charge on any atom is 0.265 e. The summed E-state index contributed by atoms with van der Waals surface area (Å²) in [6.45, 7) is 3.92. The highest BCUT2D eigenvalue weighted by atomic mass is 16.1. The van der Waals surface area contributed by atoms with E-state index in [1.54, 1.807) is 18.2 Å². The zero-order valence-electron chi connectivity index (χ0n) is 9.74. The van der Waals surface area contributed by atoms with Gasteiger partial charge in [-0.2, -0.15) is 5.26 Å². The van der Waals surface area contributed by atoms with Crippen molar-refractivity contribution in [3.05, 3.63) is 34.0 Å². The molecule has 2 rings (SSSR count). The molecule has 0 unspecified atom stereocenters. The van der Waals surface area contributed by atoms with Crippen molar-refractivity contribution in [3.63, 3.8) is 0 Å². The predicted octanol–water partition coefficient (Wildman–Crippen LogP) is 0.164. The molecule has 0 aromatic carbocycles. The van der Waals surface area contributed by atoms with Crippen molar-refractivity contribution in [2.24, 2.45) is 11.1 Å². The van der Waals surface area contributed by atoms with E-state index in [2.05, 4.69) is 11.1 Å². The van der Waals surface area contributed by atoms with Gasteiger partial charge >= 0.3 is 0 Å². The van der Waals surface area contributed by atoms with Crippen molar-refractivity contribution in [1.29, 1.82) is 5.26 Å². The van der Waals surface area contributed by atoms with Gasteiger partial charge in [0.05, 0.1) is 6.07 Å². The van der Waals surface area contributed by atoms with Gasteiger partial charge in [-0.05, 0) is 23.4 Å². The van der Waals surface area contributed by atoms with Gasteiger partial charge in [0, 0.05) is 16.3 Å². The maximum absolute atomic E-state index is 11.1. The second kappa shape index (κ2) is 3.63. The molecule has 1 aliphatic rings. The Labute approximate surface area is 98.7 Å². The van der Waals surface area contributed by atoms with Crippen LogP contribution in [0, 0.1) is 16.7 Å². The lowest BCUT2D eigenvalue weighted by Crippen LogP contribution is -2.24. The van der Waals surface area contributed by atoms with Crippen LogP contribution in [0.4, 0.5) is 0 Å². The predicted molar refractivity (Wildman–Crippen MR) is 65.0 cm³/mol. The molecule has 3 N–H and O–H groups in total. The number of aromatic amines is 1. The monoisotopic (exact) mass is 227 g/mol. The van der Waals surface area contributed by atoms with E-state index in [1.807, 2.05) is 19.9 Å². The van der Waals surface area contributed by atoms with E-state index < -0.39 is 5.91 Å². The Bertz CT molecular complexity index is 668. The molecule has 0 radical (unpaired) electrons. The molecule has 0 saturated carbocycles. The Morgan fingerprint density at radius 1 is 1.47 bits per heavy atom. The third kappa shape index (κ3) is 1.87.